The molecule has 1 aromatic carbocycles. The summed E-state index contributed by atoms with van der Waals surface area (Å²) in [7, 11) is 0. The molecule has 1 nitrogen and oxygen atoms in total. The van der Waals surface area contributed by atoms with E-state index in [0.29, 0.717) is 0 Å². The minimum atomic E-state index is 0.800. The van der Waals surface area contributed by atoms with Crippen LogP contribution in [0.2, 0.25) is 0 Å². The van der Waals surface area contributed by atoms with Gasteiger partial charge in [0, 0.05) is 17.5 Å². The van der Waals surface area contributed by atoms with Crippen LogP contribution in [0.5, 0.6) is 0 Å². The van der Waals surface area contributed by atoms with Gasteiger partial charge in [-0.15, -0.1) is 11.8 Å². The first-order valence-corrected chi connectivity index (χ1v) is 7.33. The molecule has 0 aromatic heterocycles. The van der Waals surface area contributed by atoms with Gasteiger partial charge in [-0.3, -0.25) is 0 Å². The maximum absolute atomic E-state index is 3.59. The molecule has 88 valence electrons. The van der Waals surface area contributed by atoms with Gasteiger partial charge in [0.1, 0.15) is 0 Å². The summed E-state index contributed by atoms with van der Waals surface area (Å²) in [6, 6.07) is 9.60. The summed E-state index contributed by atoms with van der Waals surface area (Å²) in [5.41, 5.74) is 1.47. The van der Waals surface area contributed by atoms with Gasteiger partial charge in [0.05, 0.1) is 0 Å². The van der Waals surface area contributed by atoms with Crippen molar-refractivity contribution in [3.8, 4) is 0 Å². The van der Waals surface area contributed by atoms with Crippen molar-refractivity contribution >= 4 is 11.8 Å². The summed E-state index contributed by atoms with van der Waals surface area (Å²) in [4.78, 5) is 1.46. The zero-order chi connectivity index (χ0) is 11.2. The van der Waals surface area contributed by atoms with Crippen molar-refractivity contribution in [2.75, 3.05) is 5.75 Å². The third kappa shape index (κ3) is 3.84. The first-order valence-electron chi connectivity index (χ1n) is 6.34. The third-order valence-electron chi connectivity index (χ3n) is 2.89. The van der Waals surface area contributed by atoms with Crippen LogP contribution in [-0.2, 0) is 6.54 Å². The Bertz CT molecular complexity index is 320. The van der Waals surface area contributed by atoms with E-state index in [1.165, 1.54) is 41.9 Å². The fourth-order valence-electron chi connectivity index (χ4n) is 1.66. The van der Waals surface area contributed by atoms with E-state index in [1.54, 1.807) is 0 Å². The zero-order valence-electron chi connectivity index (χ0n) is 10.0. The molecule has 0 radical (unpaired) electrons. The van der Waals surface area contributed by atoms with E-state index >= 15 is 0 Å². The molecule has 0 bridgehead atoms. The van der Waals surface area contributed by atoms with Crippen LogP contribution >= 0.6 is 11.8 Å². The number of unbranched alkanes of at least 4 members (excludes halogenated alkanes) is 1. The normalized spacial score (nSPS) is 15.3. The van der Waals surface area contributed by atoms with E-state index in [2.05, 4.69) is 36.5 Å². The van der Waals surface area contributed by atoms with Gasteiger partial charge in [-0.2, -0.15) is 0 Å². The lowest BCUT2D eigenvalue weighted by Crippen LogP contribution is -2.15. The first kappa shape index (κ1) is 12.0. The molecule has 0 saturated heterocycles. The molecule has 0 heterocycles. The molecule has 0 aliphatic heterocycles. The Balaban J connectivity index is 1.87. The predicted octanol–water partition coefficient (Wildman–Crippen LogP) is 3.83. The van der Waals surface area contributed by atoms with Crippen molar-refractivity contribution < 1.29 is 0 Å². The lowest BCUT2D eigenvalue weighted by Gasteiger charge is -2.09. The molecule has 1 N–H and O–H groups in total. The van der Waals surface area contributed by atoms with Crippen LogP contribution in [0.1, 0.15) is 38.2 Å². The second kappa shape index (κ2) is 6.31. The SMILES string of the molecule is CCCCSc1ccccc1CNC1CC1. The Hall–Kier alpha value is -0.470. The highest BCUT2D eigenvalue weighted by molar-refractivity contribution is 7.99. The molecule has 2 heteroatoms. The highest BCUT2D eigenvalue weighted by atomic mass is 32.2. The first-order chi connectivity index (χ1) is 7.90. The van der Waals surface area contributed by atoms with E-state index in [1.807, 2.05) is 11.8 Å². The number of benzene rings is 1. The molecule has 1 aliphatic rings. The standard InChI is InChI=1S/C14H21NS/c1-2-3-10-16-14-7-5-4-6-12(14)11-15-13-8-9-13/h4-7,13,15H,2-3,8-11H2,1H3. The molecule has 1 saturated carbocycles. The third-order valence-corrected chi connectivity index (χ3v) is 4.09. The average molecular weight is 235 g/mol. The smallest absolute Gasteiger partial charge is 0.0219 e. The summed E-state index contributed by atoms with van der Waals surface area (Å²) in [6.07, 6.45) is 5.33. The Morgan fingerprint density at radius 1 is 1.31 bits per heavy atom. The van der Waals surface area contributed by atoms with Crippen molar-refractivity contribution in [1.82, 2.24) is 5.32 Å². The Kier molecular flexibility index (Phi) is 4.73. The van der Waals surface area contributed by atoms with Crippen LogP contribution in [0.25, 0.3) is 0 Å². The molecule has 0 amide bonds. The Morgan fingerprint density at radius 2 is 2.12 bits per heavy atom. The largest absolute Gasteiger partial charge is 0.310 e. The molecule has 0 atom stereocenters. The van der Waals surface area contributed by atoms with Gasteiger partial charge in [-0.25, -0.2) is 0 Å². The second-order valence-electron chi connectivity index (χ2n) is 4.46. The number of rotatable bonds is 7. The summed E-state index contributed by atoms with van der Waals surface area (Å²) < 4.78 is 0. The van der Waals surface area contributed by atoms with E-state index in [9.17, 15) is 0 Å². The van der Waals surface area contributed by atoms with Crippen molar-refractivity contribution in [2.24, 2.45) is 0 Å². The lowest BCUT2D eigenvalue weighted by atomic mass is 10.2. The number of thioether (sulfide) groups is 1. The van der Waals surface area contributed by atoms with Gasteiger partial charge >= 0.3 is 0 Å². The van der Waals surface area contributed by atoms with Crippen molar-refractivity contribution in [2.45, 2.75) is 50.1 Å². The van der Waals surface area contributed by atoms with Crippen LogP contribution in [0.3, 0.4) is 0 Å². The van der Waals surface area contributed by atoms with Crippen molar-refractivity contribution in [1.29, 1.82) is 0 Å². The van der Waals surface area contributed by atoms with Crippen molar-refractivity contribution in [3.63, 3.8) is 0 Å². The summed E-state index contributed by atoms with van der Waals surface area (Å²) in [5.74, 6) is 1.25. The van der Waals surface area contributed by atoms with Crippen LogP contribution in [-0.4, -0.2) is 11.8 Å². The highest BCUT2D eigenvalue weighted by Gasteiger charge is 2.20. The molecule has 1 fully saturated rings. The van der Waals surface area contributed by atoms with Gasteiger partial charge in [-0.05, 0) is 36.6 Å². The molecule has 0 unspecified atom stereocenters. The fourth-order valence-corrected chi connectivity index (χ4v) is 2.81. The van der Waals surface area contributed by atoms with Crippen molar-refractivity contribution in [3.05, 3.63) is 29.8 Å². The maximum atomic E-state index is 3.59. The Morgan fingerprint density at radius 3 is 2.88 bits per heavy atom. The molecular weight excluding hydrogens is 214 g/mol. The molecule has 1 aliphatic carbocycles. The van der Waals surface area contributed by atoms with E-state index in [0.717, 1.165) is 12.6 Å². The molecule has 0 spiro atoms. The van der Waals surface area contributed by atoms with E-state index < -0.39 is 0 Å². The highest BCUT2D eigenvalue weighted by Crippen LogP contribution is 2.25. The number of hydrogen-bond acceptors (Lipinski definition) is 2. The van der Waals surface area contributed by atoms with Gasteiger partial charge in [0.25, 0.3) is 0 Å². The van der Waals surface area contributed by atoms with E-state index in [4.69, 9.17) is 0 Å². The van der Waals surface area contributed by atoms with E-state index in [-0.39, 0.29) is 0 Å². The molecule has 16 heavy (non-hydrogen) atoms. The lowest BCUT2D eigenvalue weighted by molar-refractivity contribution is 0.680. The zero-order valence-corrected chi connectivity index (χ0v) is 10.9. The monoisotopic (exact) mass is 235 g/mol. The summed E-state index contributed by atoms with van der Waals surface area (Å²) in [6.45, 7) is 3.29. The fraction of sp³-hybridized carbons (Fsp3) is 0.571. The minimum absolute atomic E-state index is 0.800. The second-order valence-corrected chi connectivity index (χ2v) is 5.60. The van der Waals surface area contributed by atoms with Crippen LogP contribution < -0.4 is 5.32 Å². The van der Waals surface area contributed by atoms with Gasteiger partial charge in [-0.1, -0.05) is 31.5 Å². The molecular formula is C14H21NS. The van der Waals surface area contributed by atoms with Crippen LogP contribution in [0.4, 0.5) is 0 Å². The summed E-state index contributed by atoms with van der Waals surface area (Å²) in [5, 5.41) is 3.59. The number of hydrogen-bond donors (Lipinski definition) is 1. The van der Waals surface area contributed by atoms with Crippen LogP contribution in [0, 0.1) is 0 Å². The Labute approximate surface area is 103 Å². The van der Waals surface area contributed by atoms with Gasteiger partial charge in [0.2, 0.25) is 0 Å². The van der Waals surface area contributed by atoms with Crippen LogP contribution in [0.15, 0.2) is 29.2 Å². The van der Waals surface area contributed by atoms with Gasteiger partial charge in [0.15, 0.2) is 0 Å². The predicted molar refractivity (Wildman–Crippen MR) is 71.9 cm³/mol. The maximum Gasteiger partial charge on any atom is 0.0219 e. The van der Waals surface area contributed by atoms with Gasteiger partial charge < -0.3 is 5.32 Å². The average Bonchev–Trinajstić information content (AvgIpc) is 3.12. The molecule has 2 rings (SSSR count). The molecule has 1 aromatic rings. The topological polar surface area (TPSA) is 12.0 Å². The minimum Gasteiger partial charge on any atom is -0.310 e. The number of nitrogens with one attached hydrogen (secondary N) is 1. The summed E-state index contributed by atoms with van der Waals surface area (Å²) >= 11 is 2.00. The quantitative estimate of drug-likeness (QED) is 0.569.